The smallest absolute Gasteiger partial charge is 0.358 e. The summed E-state index contributed by atoms with van der Waals surface area (Å²) in [6, 6.07) is 7.03. The van der Waals surface area contributed by atoms with Gasteiger partial charge in [0, 0.05) is 5.56 Å². The van der Waals surface area contributed by atoms with Crippen LogP contribution in [0.3, 0.4) is 0 Å². The second-order valence-electron chi connectivity index (χ2n) is 3.78. The second-order valence-corrected chi connectivity index (χ2v) is 3.78. The van der Waals surface area contributed by atoms with Crippen LogP contribution in [0.2, 0.25) is 0 Å². The highest BCUT2D eigenvalue weighted by Crippen LogP contribution is 2.17. The van der Waals surface area contributed by atoms with Crippen LogP contribution < -0.4 is 5.56 Å². The van der Waals surface area contributed by atoms with E-state index >= 15 is 0 Å². The third kappa shape index (κ3) is 2.08. The maximum atomic E-state index is 11.4. The van der Waals surface area contributed by atoms with Gasteiger partial charge in [-0.1, -0.05) is 29.8 Å². The first-order chi connectivity index (χ1) is 8.49. The molecule has 1 aromatic heterocycles. The SMILES string of the molecule is Cc1ccc(-c2nc(C(=O)O)c(O)c(=O)[nH]2)cc1. The zero-order chi connectivity index (χ0) is 13.3. The first kappa shape index (κ1) is 11.8. The molecule has 1 aromatic carbocycles. The van der Waals surface area contributed by atoms with E-state index in [1.165, 1.54) is 0 Å². The van der Waals surface area contributed by atoms with Crippen LogP contribution in [0.5, 0.6) is 5.75 Å². The van der Waals surface area contributed by atoms with Crippen LogP contribution in [0.15, 0.2) is 29.1 Å². The molecule has 6 nitrogen and oxygen atoms in total. The van der Waals surface area contributed by atoms with Crippen molar-refractivity contribution in [2.24, 2.45) is 0 Å². The predicted octanol–water partition coefficient (Wildman–Crippen LogP) is 1.15. The molecule has 0 spiro atoms. The van der Waals surface area contributed by atoms with E-state index < -0.39 is 23.0 Å². The lowest BCUT2D eigenvalue weighted by atomic mass is 10.1. The van der Waals surface area contributed by atoms with Gasteiger partial charge < -0.3 is 15.2 Å². The van der Waals surface area contributed by atoms with Gasteiger partial charge >= 0.3 is 5.97 Å². The molecule has 0 bridgehead atoms. The van der Waals surface area contributed by atoms with Crippen molar-refractivity contribution in [1.29, 1.82) is 0 Å². The number of aromatic hydroxyl groups is 1. The van der Waals surface area contributed by atoms with Crippen LogP contribution in [-0.2, 0) is 0 Å². The van der Waals surface area contributed by atoms with Gasteiger partial charge in [0.05, 0.1) is 0 Å². The number of aryl methyl sites for hydroxylation is 1. The van der Waals surface area contributed by atoms with Gasteiger partial charge in [0.1, 0.15) is 5.82 Å². The van der Waals surface area contributed by atoms with E-state index in [1.54, 1.807) is 12.1 Å². The molecule has 0 amide bonds. The Morgan fingerprint density at radius 3 is 2.44 bits per heavy atom. The van der Waals surface area contributed by atoms with E-state index in [9.17, 15) is 14.7 Å². The lowest BCUT2D eigenvalue weighted by Gasteiger charge is -2.04. The number of aromatic amines is 1. The topological polar surface area (TPSA) is 103 Å². The first-order valence-corrected chi connectivity index (χ1v) is 5.12. The summed E-state index contributed by atoms with van der Waals surface area (Å²) in [4.78, 5) is 28.3. The van der Waals surface area contributed by atoms with Crippen molar-refractivity contribution in [1.82, 2.24) is 9.97 Å². The number of H-pyrrole nitrogens is 1. The quantitative estimate of drug-likeness (QED) is 0.737. The second kappa shape index (κ2) is 4.33. The number of carboxylic acid groups (broad SMARTS) is 1. The van der Waals surface area contributed by atoms with Crippen LogP contribution in [0.4, 0.5) is 0 Å². The van der Waals surface area contributed by atoms with Gasteiger partial charge in [0.25, 0.3) is 5.56 Å². The Hall–Kier alpha value is -2.63. The summed E-state index contributed by atoms with van der Waals surface area (Å²) in [5, 5.41) is 18.1. The van der Waals surface area contributed by atoms with E-state index in [2.05, 4.69) is 9.97 Å². The lowest BCUT2D eigenvalue weighted by molar-refractivity contribution is 0.0686. The molecule has 2 rings (SSSR count). The minimum Gasteiger partial charge on any atom is -0.501 e. The van der Waals surface area contributed by atoms with Gasteiger partial charge in [0.15, 0.2) is 5.69 Å². The first-order valence-electron chi connectivity index (χ1n) is 5.12. The number of hydrogen-bond acceptors (Lipinski definition) is 4. The number of aromatic carboxylic acids is 1. The van der Waals surface area contributed by atoms with Crippen molar-refractivity contribution < 1.29 is 15.0 Å². The van der Waals surface area contributed by atoms with Gasteiger partial charge in [-0.25, -0.2) is 9.78 Å². The molecule has 1 heterocycles. The standard InChI is InChI=1S/C12H10N2O4/c1-6-2-4-7(5-3-6)10-13-8(12(17)18)9(15)11(16)14-10/h2-5,15H,1H3,(H,17,18)(H,13,14,16). The summed E-state index contributed by atoms with van der Waals surface area (Å²) in [6.07, 6.45) is 0. The molecule has 0 fully saturated rings. The molecule has 0 aliphatic carbocycles. The maximum Gasteiger partial charge on any atom is 0.358 e. The van der Waals surface area contributed by atoms with Gasteiger partial charge in [-0.2, -0.15) is 0 Å². The van der Waals surface area contributed by atoms with E-state index in [4.69, 9.17) is 5.11 Å². The molecule has 92 valence electrons. The Kier molecular flexibility index (Phi) is 2.85. The highest BCUT2D eigenvalue weighted by molar-refractivity contribution is 5.88. The van der Waals surface area contributed by atoms with Crippen molar-refractivity contribution in [3.63, 3.8) is 0 Å². The number of benzene rings is 1. The van der Waals surface area contributed by atoms with Crippen LogP contribution >= 0.6 is 0 Å². The van der Waals surface area contributed by atoms with Crippen LogP contribution in [0, 0.1) is 6.92 Å². The Bertz CT molecular complexity index is 659. The summed E-state index contributed by atoms with van der Waals surface area (Å²) < 4.78 is 0. The average Bonchev–Trinajstić information content (AvgIpc) is 2.33. The predicted molar refractivity (Wildman–Crippen MR) is 63.7 cm³/mol. The number of aromatic nitrogens is 2. The highest BCUT2D eigenvalue weighted by atomic mass is 16.4. The third-order valence-corrected chi connectivity index (χ3v) is 2.42. The van der Waals surface area contributed by atoms with Crippen LogP contribution in [0.1, 0.15) is 16.1 Å². The number of nitrogens with one attached hydrogen (secondary N) is 1. The van der Waals surface area contributed by atoms with Crippen molar-refractivity contribution in [3.8, 4) is 17.1 Å². The molecule has 0 radical (unpaired) electrons. The minimum absolute atomic E-state index is 0.107. The fourth-order valence-electron chi connectivity index (χ4n) is 1.46. The van der Waals surface area contributed by atoms with Gasteiger partial charge in [-0.3, -0.25) is 4.79 Å². The summed E-state index contributed by atoms with van der Waals surface area (Å²) in [6.45, 7) is 1.90. The van der Waals surface area contributed by atoms with E-state index in [-0.39, 0.29) is 5.82 Å². The summed E-state index contributed by atoms with van der Waals surface area (Å²) >= 11 is 0. The minimum atomic E-state index is -1.45. The fourth-order valence-corrected chi connectivity index (χ4v) is 1.46. The lowest BCUT2D eigenvalue weighted by Crippen LogP contribution is -2.15. The molecule has 3 N–H and O–H groups in total. The molecule has 0 saturated carbocycles. The molecule has 6 heteroatoms. The van der Waals surface area contributed by atoms with Crippen LogP contribution in [0.25, 0.3) is 11.4 Å². The molecular formula is C12H10N2O4. The third-order valence-electron chi connectivity index (χ3n) is 2.42. The van der Waals surface area contributed by atoms with E-state index in [0.29, 0.717) is 5.56 Å². The van der Waals surface area contributed by atoms with E-state index in [1.807, 2.05) is 19.1 Å². The molecule has 0 atom stereocenters. The normalized spacial score (nSPS) is 10.3. The Morgan fingerprint density at radius 1 is 1.28 bits per heavy atom. The number of rotatable bonds is 2. The monoisotopic (exact) mass is 246 g/mol. The van der Waals surface area contributed by atoms with Crippen molar-refractivity contribution in [2.45, 2.75) is 6.92 Å². The zero-order valence-electron chi connectivity index (χ0n) is 9.47. The molecule has 2 aromatic rings. The average molecular weight is 246 g/mol. The van der Waals surface area contributed by atoms with Crippen molar-refractivity contribution >= 4 is 5.97 Å². The van der Waals surface area contributed by atoms with E-state index in [0.717, 1.165) is 5.56 Å². The van der Waals surface area contributed by atoms with Gasteiger partial charge in [-0.05, 0) is 6.92 Å². The van der Waals surface area contributed by atoms with Crippen LogP contribution in [-0.4, -0.2) is 26.2 Å². The molecular weight excluding hydrogens is 236 g/mol. The number of hydrogen-bond donors (Lipinski definition) is 3. The number of nitrogens with zero attached hydrogens (tertiary/aromatic N) is 1. The van der Waals surface area contributed by atoms with Crippen molar-refractivity contribution in [2.75, 3.05) is 0 Å². The number of carbonyl (C=O) groups is 1. The van der Waals surface area contributed by atoms with Gasteiger partial charge in [-0.15, -0.1) is 0 Å². The highest BCUT2D eigenvalue weighted by Gasteiger charge is 2.17. The Balaban J connectivity index is 2.62. The number of carboxylic acids is 1. The molecule has 18 heavy (non-hydrogen) atoms. The fraction of sp³-hybridized carbons (Fsp3) is 0.0833. The largest absolute Gasteiger partial charge is 0.501 e. The molecule has 0 saturated heterocycles. The zero-order valence-corrected chi connectivity index (χ0v) is 9.47. The molecule has 0 aliphatic rings. The summed E-state index contributed by atoms with van der Waals surface area (Å²) in [5.74, 6) is -2.24. The Morgan fingerprint density at radius 2 is 1.89 bits per heavy atom. The molecule has 0 unspecified atom stereocenters. The molecule has 0 aliphatic heterocycles. The summed E-state index contributed by atoms with van der Waals surface area (Å²) in [7, 11) is 0. The summed E-state index contributed by atoms with van der Waals surface area (Å²) in [5.41, 5.74) is 0.0610. The maximum absolute atomic E-state index is 11.4. The van der Waals surface area contributed by atoms with Gasteiger partial charge in [0.2, 0.25) is 5.75 Å². The van der Waals surface area contributed by atoms with Crippen molar-refractivity contribution in [3.05, 3.63) is 45.9 Å². The Labute approximate surface area is 102 Å².